The van der Waals surface area contributed by atoms with Gasteiger partial charge in [0.05, 0.1) is 0 Å². The van der Waals surface area contributed by atoms with E-state index in [1.54, 1.807) is 34.1 Å². The van der Waals surface area contributed by atoms with Crippen LogP contribution in [0.2, 0.25) is 5.02 Å². The van der Waals surface area contributed by atoms with Crippen molar-refractivity contribution in [2.24, 2.45) is 0 Å². The fourth-order valence-electron chi connectivity index (χ4n) is 2.24. The van der Waals surface area contributed by atoms with E-state index in [4.69, 9.17) is 16.3 Å². The zero-order chi connectivity index (χ0) is 15.2. The SMILES string of the molecule is CC[C@@H](Oc1ccc(Cl)cc1)C(=O)N1CCN(C=O)CC1. The molecular formula is C15H19ClN2O3. The molecule has 1 atom stereocenters. The number of nitrogens with zero attached hydrogens (tertiary/aromatic N) is 2. The van der Waals surface area contributed by atoms with Gasteiger partial charge in [-0.05, 0) is 30.7 Å². The topological polar surface area (TPSA) is 49.9 Å². The number of carbonyl (C=O) groups excluding carboxylic acids is 2. The minimum absolute atomic E-state index is 0.0296. The molecule has 6 heteroatoms. The minimum Gasteiger partial charge on any atom is -0.481 e. The number of benzene rings is 1. The number of carbonyl (C=O) groups is 2. The van der Waals surface area contributed by atoms with E-state index in [0.717, 1.165) is 6.41 Å². The molecule has 1 fully saturated rings. The number of piperazine rings is 1. The molecule has 0 unspecified atom stereocenters. The maximum Gasteiger partial charge on any atom is 0.263 e. The van der Waals surface area contributed by atoms with Gasteiger partial charge >= 0.3 is 0 Å². The smallest absolute Gasteiger partial charge is 0.263 e. The van der Waals surface area contributed by atoms with Crippen LogP contribution in [0.5, 0.6) is 5.75 Å². The minimum atomic E-state index is -0.506. The van der Waals surface area contributed by atoms with Gasteiger partial charge in [0.25, 0.3) is 5.91 Å². The molecule has 1 aromatic rings. The van der Waals surface area contributed by atoms with Crippen LogP contribution in [0.25, 0.3) is 0 Å². The first-order valence-corrected chi connectivity index (χ1v) is 7.42. The summed E-state index contributed by atoms with van der Waals surface area (Å²) in [5, 5.41) is 0.631. The maximum absolute atomic E-state index is 12.5. The Labute approximate surface area is 129 Å². The van der Waals surface area contributed by atoms with Crippen molar-refractivity contribution in [2.45, 2.75) is 19.4 Å². The van der Waals surface area contributed by atoms with Gasteiger partial charge in [-0.2, -0.15) is 0 Å². The molecule has 0 spiro atoms. The van der Waals surface area contributed by atoms with Gasteiger partial charge in [0.2, 0.25) is 6.41 Å². The number of amides is 2. The summed E-state index contributed by atoms with van der Waals surface area (Å²) in [4.78, 5) is 26.6. The molecule has 114 valence electrons. The highest BCUT2D eigenvalue weighted by Gasteiger charge is 2.27. The molecule has 1 aliphatic rings. The number of rotatable bonds is 5. The van der Waals surface area contributed by atoms with Gasteiger partial charge in [-0.25, -0.2) is 0 Å². The second kappa shape index (κ2) is 7.31. The summed E-state index contributed by atoms with van der Waals surface area (Å²) in [5.74, 6) is 0.601. The molecular weight excluding hydrogens is 292 g/mol. The summed E-state index contributed by atoms with van der Waals surface area (Å²) in [6, 6.07) is 6.97. The van der Waals surface area contributed by atoms with Gasteiger partial charge < -0.3 is 14.5 Å². The third-order valence-electron chi connectivity index (χ3n) is 3.51. The van der Waals surface area contributed by atoms with E-state index in [2.05, 4.69) is 0 Å². The summed E-state index contributed by atoms with van der Waals surface area (Å²) in [6.07, 6.45) is 0.910. The summed E-state index contributed by atoms with van der Waals surface area (Å²) in [7, 11) is 0. The van der Waals surface area contributed by atoms with Crippen LogP contribution in [-0.2, 0) is 9.59 Å². The van der Waals surface area contributed by atoms with Crippen LogP contribution in [0.3, 0.4) is 0 Å². The Morgan fingerprint density at radius 3 is 2.43 bits per heavy atom. The Morgan fingerprint density at radius 1 is 1.29 bits per heavy atom. The van der Waals surface area contributed by atoms with Crippen molar-refractivity contribution in [3.05, 3.63) is 29.3 Å². The lowest BCUT2D eigenvalue weighted by Crippen LogP contribution is -2.51. The van der Waals surface area contributed by atoms with E-state index in [9.17, 15) is 9.59 Å². The second-order valence-corrected chi connectivity index (χ2v) is 5.37. The van der Waals surface area contributed by atoms with E-state index >= 15 is 0 Å². The van der Waals surface area contributed by atoms with E-state index in [1.807, 2.05) is 6.92 Å². The van der Waals surface area contributed by atoms with Crippen molar-refractivity contribution in [3.63, 3.8) is 0 Å². The first-order valence-electron chi connectivity index (χ1n) is 7.04. The van der Waals surface area contributed by atoms with Crippen LogP contribution in [0.4, 0.5) is 0 Å². The molecule has 1 aromatic carbocycles. The molecule has 1 aliphatic heterocycles. The molecule has 21 heavy (non-hydrogen) atoms. The Bertz CT molecular complexity index is 484. The number of hydrogen-bond acceptors (Lipinski definition) is 3. The maximum atomic E-state index is 12.5. The molecule has 1 heterocycles. The molecule has 0 N–H and O–H groups in total. The van der Waals surface area contributed by atoms with Crippen molar-refractivity contribution in [2.75, 3.05) is 26.2 Å². The molecule has 5 nitrogen and oxygen atoms in total. The highest BCUT2D eigenvalue weighted by Crippen LogP contribution is 2.18. The molecule has 0 aliphatic carbocycles. The average molecular weight is 311 g/mol. The Balaban J connectivity index is 1.95. The lowest BCUT2D eigenvalue weighted by Gasteiger charge is -2.34. The summed E-state index contributed by atoms with van der Waals surface area (Å²) < 4.78 is 5.75. The van der Waals surface area contributed by atoms with Gasteiger partial charge in [-0.15, -0.1) is 0 Å². The van der Waals surface area contributed by atoms with E-state index < -0.39 is 6.10 Å². The van der Waals surface area contributed by atoms with Gasteiger partial charge in [0.15, 0.2) is 6.10 Å². The second-order valence-electron chi connectivity index (χ2n) is 4.94. The fraction of sp³-hybridized carbons (Fsp3) is 0.467. The highest BCUT2D eigenvalue weighted by molar-refractivity contribution is 6.30. The summed E-state index contributed by atoms with van der Waals surface area (Å²) >= 11 is 5.83. The molecule has 0 radical (unpaired) electrons. The van der Waals surface area contributed by atoms with Crippen molar-refractivity contribution >= 4 is 23.9 Å². The number of ether oxygens (including phenoxy) is 1. The van der Waals surface area contributed by atoms with Gasteiger partial charge in [0.1, 0.15) is 5.75 Å². The Kier molecular flexibility index (Phi) is 5.44. The predicted octanol–water partition coefficient (Wildman–Crippen LogP) is 1.80. The van der Waals surface area contributed by atoms with Crippen molar-refractivity contribution < 1.29 is 14.3 Å². The van der Waals surface area contributed by atoms with Crippen LogP contribution in [0, 0.1) is 0 Å². The molecule has 0 aromatic heterocycles. The quantitative estimate of drug-likeness (QED) is 0.779. The van der Waals surface area contributed by atoms with Gasteiger partial charge in [-0.1, -0.05) is 18.5 Å². The largest absolute Gasteiger partial charge is 0.481 e. The standard InChI is InChI=1S/C15H19ClN2O3/c1-2-14(21-13-5-3-12(16)4-6-13)15(20)18-9-7-17(11-19)8-10-18/h3-6,11,14H,2,7-10H2,1H3/t14-/m1/s1. The van der Waals surface area contributed by atoms with Crippen LogP contribution in [0.1, 0.15) is 13.3 Å². The zero-order valence-corrected chi connectivity index (χ0v) is 12.8. The average Bonchev–Trinajstić information content (AvgIpc) is 2.54. The lowest BCUT2D eigenvalue weighted by molar-refractivity contribution is -0.142. The summed E-state index contributed by atoms with van der Waals surface area (Å²) in [5.41, 5.74) is 0. The van der Waals surface area contributed by atoms with Crippen LogP contribution < -0.4 is 4.74 Å². The van der Waals surface area contributed by atoms with Crippen molar-refractivity contribution in [1.82, 2.24) is 9.80 Å². The van der Waals surface area contributed by atoms with Gasteiger partial charge in [0, 0.05) is 31.2 Å². The Hall–Kier alpha value is -1.75. The summed E-state index contributed by atoms with van der Waals surface area (Å²) in [6.45, 7) is 4.18. The van der Waals surface area contributed by atoms with Gasteiger partial charge in [-0.3, -0.25) is 9.59 Å². The van der Waals surface area contributed by atoms with E-state index in [1.165, 1.54) is 0 Å². The number of hydrogen-bond donors (Lipinski definition) is 0. The first-order chi connectivity index (χ1) is 10.1. The highest BCUT2D eigenvalue weighted by atomic mass is 35.5. The van der Waals surface area contributed by atoms with E-state index in [0.29, 0.717) is 43.4 Å². The third-order valence-corrected chi connectivity index (χ3v) is 3.77. The monoisotopic (exact) mass is 310 g/mol. The fourth-order valence-corrected chi connectivity index (χ4v) is 2.36. The molecule has 2 amide bonds. The molecule has 0 saturated carbocycles. The molecule has 1 saturated heterocycles. The van der Waals surface area contributed by atoms with Crippen LogP contribution in [-0.4, -0.2) is 54.4 Å². The Morgan fingerprint density at radius 2 is 1.90 bits per heavy atom. The van der Waals surface area contributed by atoms with Crippen molar-refractivity contribution in [3.8, 4) is 5.75 Å². The van der Waals surface area contributed by atoms with Crippen LogP contribution in [0.15, 0.2) is 24.3 Å². The van der Waals surface area contributed by atoms with E-state index in [-0.39, 0.29) is 5.91 Å². The normalized spacial score (nSPS) is 16.5. The lowest BCUT2D eigenvalue weighted by atomic mass is 10.2. The van der Waals surface area contributed by atoms with Crippen LogP contribution >= 0.6 is 11.6 Å². The van der Waals surface area contributed by atoms with Crippen molar-refractivity contribution in [1.29, 1.82) is 0 Å². The predicted molar refractivity (Wildman–Crippen MR) is 80.4 cm³/mol. The zero-order valence-electron chi connectivity index (χ0n) is 12.0. The third kappa shape index (κ3) is 4.11. The molecule has 0 bridgehead atoms. The number of halogens is 1. The molecule has 2 rings (SSSR count). The first kappa shape index (κ1) is 15.6.